The van der Waals surface area contributed by atoms with Crippen molar-refractivity contribution in [2.75, 3.05) is 13.1 Å². The highest BCUT2D eigenvalue weighted by Crippen LogP contribution is 2.31. The topological polar surface area (TPSA) is 84.0 Å². The van der Waals surface area contributed by atoms with Crippen LogP contribution in [0.25, 0.3) is 10.1 Å². The highest BCUT2D eigenvalue weighted by Gasteiger charge is 2.36. The molecule has 0 aromatic carbocycles. The number of carbonyl (C=O) groups is 2. The van der Waals surface area contributed by atoms with Crippen molar-refractivity contribution in [1.29, 1.82) is 0 Å². The number of fused-ring (bicyclic) bond motifs is 1. The van der Waals surface area contributed by atoms with Crippen LogP contribution in [0.5, 0.6) is 0 Å². The average Bonchev–Trinajstić information content (AvgIpc) is 3.43. The summed E-state index contributed by atoms with van der Waals surface area (Å²) in [6, 6.07) is 4.01. The lowest BCUT2D eigenvalue weighted by molar-refractivity contribution is 0.0770. The molecule has 4 heterocycles. The molecule has 3 aromatic rings. The predicted molar refractivity (Wildman–Crippen MR) is 121 cm³/mol. The van der Waals surface area contributed by atoms with Gasteiger partial charge in [0.2, 0.25) is 0 Å². The zero-order valence-corrected chi connectivity index (χ0v) is 18.6. The third kappa shape index (κ3) is 4.77. The van der Waals surface area contributed by atoms with Gasteiger partial charge in [-0.15, -0.1) is 22.7 Å². The van der Waals surface area contributed by atoms with Gasteiger partial charge in [0.15, 0.2) is 5.78 Å². The lowest BCUT2D eigenvalue weighted by Crippen LogP contribution is -2.47. The molecule has 0 spiro atoms. The number of nitrogens with zero attached hydrogens (tertiary/aromatic N) is 2. The van der Waals surface area contributed by atoms with Crippen LogP contribution in [0, 0.1) is 11.8 Å². The van der Waals surface area contributed by atoms with Crippen molar-refractivity contribution in [3.8, 4) is 0 Å². The van der Waals surface area contributed by atoms with E-state index in [0.29, 0.717) is 18.2 Å². The van der Waals surface area contributed by atoms with E-state index in [9.17, 15) is 9.59 Å². The van der Waals surface area contributed by atoms with Crippen molar-refractivity contribution >= 4 is 44.5 Å². The maximum atomic E-state index is 12.9. The van der Waals surface area contributed by atoms with Crippen molar-refractivity contribution in [2.24, 2.45) is 11.8 Å². The summed E-state index contributed by atoms with van der Waals surface area (Å²) in [7, 11) is 0. The van der Waals surface area contributed by atoms with Gasteiger partial charge in [0.1, 0.15) is 5.69 Å². The van der Waals surface area contributed by atoms with E-state index in [1.165, 1.54) is 22.7 Å². The quantitative estimate of drug-likeness (QED) is 0.404. The molecule has 1 saturated heterocycles. The number of unbranched alkanes of at least 4 members (excludes halogenated alkanes) is 1. The Labute approximate surface area is 184 Å². The Bertz CT molecular complexity index is 969. The second kappa shape index (κ2) is 9.76. The molecule has 1 amide bonds. The van der Waals surface area contributed by atoms with Crippen LogP contribution < -0.4 is 10.6 Å². The van der Waals surface area contributed by atoms with Crippen molar-refractivity contribution < 1.29 is 9.59 Å². The number of hydrogen-bond donors (Lipinski definition) is 2. The molecule has 0 saturated carbocycles. The second-order valence-corrected chi connectivity index (χ2v) is 9.63. The minimum Gasteiger partial charge on any atom is -0.351 e. The number of hydrogen-bond acceptors (Lipinski definition) is 7. The summed E-state index contributed by atoms with van der Waals surface area (Å²) in [6.07, 6.45) is 7.44. The minimum atomic E-state index is -0.0254. The molecule has 0 aliphatic carbocycles. The van der Waals surface area contributed by atoms with Crippen molar-refractivity contribution in [1.82, 2.24) is 20.6 Å². The molecule has 3 unspecified atom stereocenters. The van der Waals surface area contributed by atoms with E-state index in [4.69, 9.17) is 0 Å². The van der Waals surface area contributed by atoms with Gasteiger partial charge in [0.25, 0.3) is 5.91 Å². The van der Waals surface area contributed by atoms with E-state index in [2.05, 4.69) is 27.5 Å². The van der Waals surface area contributed by atoms with Gasteiger partial charge in [0, 0.05) is 36.3 Å². The Morgan fingerprint density at radius 1 is 1.33 bits per heavy atom. The first-order valence-electron chi connectivity index (χ1n) is 10.4. The summed E-state index contributed by atoms with van der Waals surface area (Å²) < 4.78 is 1.03. The summed E-state index contributed by atoms with van der Waals surface area (Å²) in [6.45, 7) is 3.70. The number of amides is 1. The molecule has 6 nitrogen and oxygen atoms in total. The Morgan fingerprint density at radius 3 is 3.03 bits per heavy atom. The summed E-state index contributed by atoms with van der Waals surface area (Å²) in [5.74, 6) is 0.473. The molecule has 2 N–H and O–H groups in total. The molecule has 3 aromatic heterocycles. The smallest absolute Gasteiger partial charge is 0.261 e. The van der Waals surface area contributed by atoms with E-state index < -0.39 is 0 Å². The normalized spacial score (nSPS) is 21.6. The zero-order valence-electron chi connectivity index (χ0n) is 17.0. The first-order chi connectivity index (χ1) is 14.6. The van der Waals surface area contributed by atoms with Crippen LogP contribution in [0.15, 0.2) is 35.4 Å². The van der Waals surface area contributed by atoms with Gasteiger partial charge in [-0.3, -0.25) is 14.6 Å². The highest BCUT2D eigenvalue weighted by atomic mass is 32.1. The number of carbonyl (C=O) groups excluding carboxylic acids is 2. The fraction of sp³-hybridized carbons (Fsp3) is 0.455. The lowest BCUT2D eigenvalue weighted by atomic mass is 9.75. The largest absolute Gasteiger partial charge is 0.351 e. The fourth-order valence-corrected chi connectivity index (χ4v) is 5.79. The van der Waals surface area contributed by atoms with Crippen LogP contribution in [0.3, 0.4) is 0 Å². The molecular weight excluding hydrogens is 416 g/mol. The number of piperidine rings is 1. The second-order valence-electron chi connectivity index (χ2n) is 7.83. The molecule has 1 aliphatic rings. The molecule has 1 aliphatic heterocycles. The van der Waals surface area contributed by atoms with Crippen molar-refractivity contribution in [3.05, 3.63) is 46.0 Å². The van der Waals surface area contributed by atoms with Crippen LogP contribution in [-0.2, 0) is 0 Å². The first kappa shape index (κ1) is 21.1. The first-order valence-corrected chi connectivity index (χ1v) is 12.2. The molecule has 158 valence electrons. The Kier molecular flexibility index (Phi) is 6.86. The van der Waals surface area contributed by atoms with Crippen molar-refractivity contribution in [2.45, 2.75) is 38.6 Å². The molecule has 30 heavy (non-hydrogen) atoms. The maximum Gasteiger partial charge on any atom is 0.261 e. The molecule has 3 atom stereocenters. The number of Topliss-reactive ketones (excluding diaryl/α,β-unsaturated/α-hetero) is 1. The zero-order chi connectivity index (χ0) is 20.9. The third-order valence-corrected chi connectivity index (χ3v) is 7.52. The van der Waals surface area contributed by atoms with Crippen LogP contribution in [-0.4, -0.2) is 40.8 Å². The third-order valence-electron chi connectivity index (χ3n) is 5.85. The standard InChI is InChI=1S/C22H26N4O2S2/c1-14-20(21(27)17-12-29-13-26-17)15(6-9-24-14)4-2-3-7-25-22(28)18-10-16-5-8-23-11-19(16)30-18/h5,8,10-15,20,24H,2-4,6-7,9H2,1H3,(H,25,28). The molecule has 0 bridgehead atoms. The molecule has 8 heteroatoms. The number of rotatable bonds is 8. The SMILES string of the molecule is CC1NCCC(CCCCNC(=O)c2cc3ccncc3s2)C1C(=O)c1cscn1. The molecule has 1 fully saturated rings. The van der Waals surface area contributed by atoms with Crippen molar-refractivity contribution in [3.63, 3.8) is 0 Å². The van der Waals surface area contributed by atoms with E-state index in [0.717, 1.165) is 47.2 Å². The Hall–Kier alpha value is -2.16. The number of pyridine rings is 1. The van der Waals surface area contributed by atoms with Gasteiger partial charge >= 0.3 is 0 Å². The van der Waals surface area contributed by atoms with Crippen LogP contribution in [0.2, 0.25) is 0 Å². The maximum absolute atomic E-state index is 12.9. The van der Waals surface area contributed by atoms with Gasteiger partial charge in [-0.25, -0.2) is 4.98 Å². The van der Waals surface area contributed by atoms with E-state index in [1.54, 1.807) is 17.9 Å². The van der Waals surface area contributed by atoms with Gasteiger partial charge < -0.3 is 10.6 Å². The van der Waals surface area contributed by atoms with Crippen LogP contribution in [0.1, 0.15) is 52.8 Å². The Balaban J connectivity index is 1.25. The van der Waals surface area contributed by atoms with Gasteiger partial charge in [0.05, 0.1) is 15.1 Å². The lowest BCUT2D eigenvalue weighted by Gasteiger charge is -2.36. The van der Waals surface area contributed by atoms with E-state index in [-0.39, 0.29) is 23.7 Å². The van der Waals surface area contributed by atoms with Gasteiger partial charge in [-0.2, -0.15) is 0 Å². The van der Waals surface area contributed by atoms with E-state index >= 15 is 0 Å². The van der Waals surface area contributed by atoms with Gasteiger partial charge in [-0.1, -0.05) is 6.42 Å². The number of nitrogens with one attached hydrogen (secondary N) is 2. The number of thiophene rings is 1. The predicted octanol–water partition coefficient (Wildman–Crippen LogP) is 4.15. The summed E-state index contributed by atoms with van der Waals surface area (Å²) in [5.41, 5.74) is 2.32. The molecule has 0 radical (unpaired) electrons. The summed E-state index contributed by atoms with van der Waals surface area (Å²) in [4.78, 5) is 34.4. The summed E-state index contributed by atoms with van der Waals surface area (Å²) >= 11 is 2.94. The van der Waals surface area contributed by atoms with Crippen LogP contribution in [0.4, 0.5) is 0 Å². The Morgan fingerprint density at radius 2 is 2.23 bits per heavy atom. The fourth-order valence-electron chi connectivity index (χ4n) is 4.30. The monoisotopic (exact) mass is 442 g/mol. The number of thiazole rings is 1. The highest BCUT2D eigenvalue weighted by molar-refractivity contribution is 7.20. The number of aromatic nitrogens is 2. The number of ketones is 1. The minimum absolute atomic E-state index is 0.0247. The van der Waals surface area contributed by atoms with Crippen LogP contribution >= 0.6 is 22.7 Å². The average molecular weight is 443 g/mol. The van der Waals surface area contributed by atoms with E-state index in [1.807, 2.05) is 17.5 Å². The summed E-state index contributed by atoms with van der Waals surface area (Å²) in [5, 5.41) is 9.37. The van der Waals surface area contributed by atoms with Gasteiger partial charge in [-0.05, 0) is 56.2 Å². The molecule has 4 rings (SSSR count). The molecular formula is C22H26N4O2S2.